The third-order valence-corrected chi connectivity index (χ3v) is 2.26. The number of para-hydroxylation sites is 1. The van der Waals surface area contributed by atoms with Crippen LogP contribution in [0.2, 0.25) is 0 Å². The maximum atomic E-state index is 5.70. The van der Waals surface area contributed by atoms with E-state index < -0.39 is 0 Å². The molecule has 0 amide bonds. The van der Waals surface area contributed by atoms with E-state index in [0.29, 0.717) is 11.8 Å². The summed E-state index contributed by atoms with van der Waals surface area (Å²) in [5.41, 5.74) is 0.909. The molecule has 16 heavy (non-hydrogen) atoms. The molecule has 0 unspecified atom stereocenters. The lowest BCUT2D eigenvalue weighted by Gasteiger charge is -2.09. The van der Waals surface area contributed by atoms with Crippen molar-refractivity contribution in [2.24, 2.45) is 5.92 Å². The van der Waals surface area contributed by atoms with E-state index in [-0.39, 0.29) is 0 Å². The second kappa shape index (κ2) is 7.19. The van der Waals surface area contributed by atoms with E-state index in [2.05, 4.69) is 25.7 Å². The Bertz CT molecular complexity index is 374. The SMILES string of the molecule is CC(C)CCOc1ccccc1C#CCCl. The minimum absolute atomic E-state index is 0.348. The lowest BCUT2D eigenvalue weighted by Crippen LogP contribution is -2.02. The standard InChI is InChI=1S/C14H17ClO/c1-12(2)9-11-16-14-8-4-3-6-13(14)7-5-10-15/h3-4,6,8,12H,9-11H2,1-2H3. The predicted octanol–water partition coefficient (Wildman–Crippen LogP) is 3.70. The van der Waals surface area contributed by atoms with E-state index in [4.69, 9.17) is 16.3 Å². The molecule has 0 heterocycles. The van der Waals surface area contributed by atoms with Crippen molar-refractivity contribution in [3.8, 4) is 17.6 Å². The van der Waals surface area contributed by atoms with Gasteiger partial charge in [-0.05, 0) is 24.5 Å². The summed E-state index contributed by atoms with van der Waals surface area (Å²) in [5, 5.41) is 0. The first-order chi connectivity index (χ1) is 7.74. The van der Waals surface area contributed by atoms with Crippen LogP contribution < -0.4 is 4.74 Å². The first kappa shape index (κ1) is 12.9. The van der Waals surface area contributed by atoms with Crippen molar-refractivity contribution in [2.45, 2.75) is 20.3 Å². The van der Waals surface area contributed by atoms with Gasteiger partial charge in [0.25, 0.3) is 0 Å². The molecule has 0 saturated heterocycles. The minimum atomic E-state index is 0.348. The van der Waals surface area contributed by atoms with Crippen molar-refractivity contribution in [1.29, 1.82) is 0 Å². The Hall–Kier alpha value is -1.13. The molecule has 1 rings (SSSR count). The van der Waals surface area contributed by atoms with Gasteiger partial charge in [0.2, 0.25) is 0 Å². The van der Waals surface area contributed by atoms with Crippen LogP contribution in [0.1, 0.15) is 25.8 Å². The molecule has 0 saturated carbocycles. The topological polar surface area (TPSA) is 9.23 Å². The molecule has 0 fully saturated rings. The molecule has 0 aromatic heterocycles. The highest BCUT2D eigenvalue weighted by Crippen LogP contribution is 2.17. The van der Waals surface area contributed by atoms with Crippen LogP contribution in [0.5, 0.6) is 5.75 Å². The summed E-state index contributed by atoms with van der Waals surface area (Å²) < 4.78 is 5.70. The van der Waals surface area contributed by atoms with Gasteiger partial charge in [-0.25, -0.2) is 0 Å². The maximum Gasteiger partial charge on any atom is 0.134 e. The molecule has 0 spiro atoms. The number of benzene rings is 1. The van der Waals surface area contributed by atoms with Crippen LogP contribution >= 0.6 is 11.6 Å². The van der Waals surface area contributed by atoms with Crippen molar-refractivity contribution < 1.29 is 4.74 Å². The zero-order valence-corrected chi connectivity index (χ0v) is 10.6. The lowest BCUT2D eigenvalue weighted by molar-refractivity contribution is 0.289. The van der Waals surface area contributed by atoms with Crippen LogP contribution in [0, 0.1) is 17.8 Å². The first-order valence-electron chi connectivity index (χ1n) is 5.50. The van der Waals surface area contributed by atoms with Gasteiger partial charge >= 0.3 is 0 Å². The Morgan fingerprint density at radius 2 is 2.06 bits per heavy atom. The summed E-state index contributed by atoms with van der Waals surface area (Å²) in [6, 6.07) is 7.80. The second-order valence-electron chi connectivity index (χ2n) is 3.96. The van der Waals surface area contributed by atoms with Gasteiger partial charge in [0.1, 0.15) is 5.75 Å². The van der Waals surface area contributed by atoms with Crippen molar-refractivity contribution in [2.75, 3.05) is 12.5 Å². The van der Waals surface area contributed by atoms with Crippen LogP contribution in [-0.2, 0) is 0 Å². The Balaban J connectivity index is 2.64. The van der Waals surface area contributed by atoms with Crippen LogP contribution in [0.4, 0.5) is 0 Å². The highest BCUT2D eigenvalue weighted by Gasteiger charge is 2.00. The Morgan fingerprint density at radius 3 is 2.75 bits per heavy atom. The second-order valence-corrected chi connectivity index (χ2v) is 4.23. The fourth-order valence-corrected chi connectivity index (χ4v) is 1.30. The third kappa shape index (κ3) is 4.59. The van der Waals surface area contributed by atoms with E-state index in [1.807, 2.05) is 24.3 Å². The van der Waals surface area contributed by atoms with Crippen LogP contribution in [0.25, 0.3) is 0 Å². The van der Waals surface area contributed by atoms with Gasteiger partial charge in [-0.15, -0.1) is 11.6 Å². The monoisotopic (exact) mass is 236 g/mol. The smallest absolute Gasteiger partial charge is 0.134 e. The highest BCUT2D eigenvalue weighted by molar-refractivity contribution is 6.19. The summed E-state index contributed by atoms with van der Waals surface area (Å²) in [7, 11) is 0. The van der Waals surface area contributed by atoms with E-state index in [1.54, 1.807) is 0 Å². The zero-order valence-electron chi connectivity index (χ0n) is 9.79. The fraction of sp³-hybridized carbons (Fsp3) is 0.429. The Morgan fingerprint density at radius 1 is 1.31 bits per heavy atom. The molecule has 1 nitrogen and oxygen atoms in total. The van der Waals surface area contributed by atoms with E-state index in [1.165, 1.54) is 0 Å². The largest absolute Gasteiger partial charge is 0.492 e. The normalized spacial score (nSPS) is 9.75. The molecule has 0 aliphatic carbocycles. The summed E-state index contributed by atoms with van der Waals surface area (Å²) >= 11 is 5.54. The van der Waals surface area contributed by atoms with Crippen LogP contribution in [0.3, 0.4) is 0 Å². The van der Waals surface area contributed by atoms with Crippen molar-refractivity contribution >= 4 is 11.6 Å². The molecule has 1 aromatic carbocycles. The van der Waals surface area contributed by atoms with Crippen LogP contribution in [0.15, 0.2) is 24.3 Å². The minimum Gasteiger partial charge on any atom is -0.492 e. The van der Waals surface area contributed by atoms with Crippen LogP contribution in [-0.4, -0.2) is 12.5 Å². The molecular formula is C14H17ClO. The van der Waals surface area contributed by atoms with Gasteiger partial charge in [-0.3, -0.25) is 0 Å². The summed E-state index contributed by atoms with van der Waals surface area (Å²) in [5.74, 6) is 7.68. The molecule has 1 aromatic rings. The fourth-order valence-electron chi connectivity index (χ4n) is 1.23. The number of alkyl halides is 1. The molecule has 0 aliphatic heterocycles. The van der Waals surface area contributed by atoms with Gasteiger partial charge in [-0.1, -0.05) is 37.8 Å². The quantitative estimate of drug-likeness (QED) is 0.572. The maximum absolute atomic E-state index is 5.70. The lowest BCUT2D eigenvalue weighted by atomic mass is 10.1. The average molecular weight is 237 g/mol. The number of halogens is 1. The highest BCUT2D eigenvalue weighted by atomic mass is 35.5. The summed E-state index contributed by atoms with van der Waals surface area (Å²) in [6.07, 6.45) is 1.05. The van der Waals surface area contributed by atoms with E-state index in [9.17, 15) is 0 Å². The average Bonchev–Trinajstić information content (AvgIpc) is 2.27. The molecule has 2 heteroatoms. The van der Waals surface area contributed by atoms with Gasteiger partial charge in [0, 0.05) is 0 Å². The van der Waals surface area contributed by atoms with Gasteiger partial charge in [-0.2, -0.15) is 0 Å². The molecule has 0 atom stereocenters. The Labute approximate surface area is 103 Å². The van der Waals surface area contributed by atoms with Gasteiger partial charge in [0.05, 0.1) is 18.1 Å². The van der Waals surface area contributed by atoms with Gasteiger partial charge < -0.3 is 4.74 Å². The zero-order chi connectivity index (χ0) is 11.8. The molecular weight excluding hydrogens is 220 g/mol. The number of hydrogen-bond acceptors (Lipinski definition) is 1. The molecule has 0 N–H and O–H groups in total. The predicted molar refractivity (Wildman–Crippen MR) is 69.0 cm³/mol. The third-order valence-electron chi connectivity index (χ3n) is 2.13. The first-order valence-corrected chi connectivity index (χ1v) is 6.04. The van der Waals surface area contributed by atoms with E-state index in [0.717, 1.165) is 24.3 Å². The number of rotatable bonds is 4. The molecule has 0 aliphatic rings. The molecule has 0 radical (unpaired) electrons. The van der Waals surface area contributed by atoms with Crippen molar-refractivity contribution in [1.82, 2.24) is 0 Å². The van der Waals surface area contributed by atoms with Crippen molar-refractivity contribution in [3.05, 3.63) is 29.8 Å². The Kier molecular flexibility index (Phi) is 5.82. The van der Waals surface area contributed by atoms with Gasteiger partial charge in [0.15, 0.2) is 0 Å². The number of ether oxygens (including phenoxy) is 1. The summed E-state index contributed by atoms with van der Waals surface area (Å²) in [6.45, 7) is 5.10. The molecule has 86 valence electrons. The summed E-state index contributed by atoms with van der Waals surface area (Å²) in [4.78, 5) is 0. The molecule has 0 bridgehead atoms. The number of hydrogen-bond donors (Lipinski definition) is 0. The van der Waals surface area contributed by atoms with E-state index >= 15 is 0 Å². The van der Waals surface area contributed by atoms with Crippen molar-refractivity contribution in [3.63, 3.8) is 0 Å².